The standard InChI is InChI=1S/C16H18ClF2NS/c1-3-7-20-13(14-8-10(2)16(17)21-14)9-11-5-4-6-12(18)15(11)19/h4-6,8,13,20H,3,7,9H2,1-2H3. The average molecular weight is 330 g/mol. The van der Waals surface area contributed by atoms with Crippen LogP contribution in [0, 0.1) is 18.6 Å². The highest BCUT2D eigenvalue weighted by Gasteiger charge is 2.18. The lowest BCUT2D eigenvalue weighted by Gasteiger charge is -2.17. The lowest BCUT2D eigenvalue weighted by molar-refractivity contribution is 0.479. The largest absolute Gasteiger partial charge is 0.309 e. The van der Waals surface area contributed by atoms with E-state index in [0.29, 0.717) is 12.0 Å². The Labute approximate surface area is 133 Å². The second kappa shape index (κ2) is 7.34. The molecule has 1 aromatic carbocycles. The third kappa shape index (κ3) is 4.02. The molecule has 0 radical (unpaired) electrons. The van der Waals surface area contributed by atoms with E-state index in [-0.39, 0.29) is 6.04 Å². The molecule has 1 aromatic heterocycles. The van der Waals surface area contributed by atoms with Crippen LogP contribution in [0.2, 0.25) is 4.34 Å². The molecule has 1 nitrogen and oxygen atoms in total. The first-order valence-corrected chi connectivity index (χ1v) is 8.14. The smallest absolute Gasteiger partial charge is 0.162 e. The van der Waals surface area contributed by atoms with Gasteiger partial charge >= 0.3 is 0 Å². The summed E-state index contributed by atoms with van der Waals surface area (Å²) >= 11 is 7.61. The fourth-order valence-corrected chi connectivity index (χ4v) is 3.47. The molecule has 21 heavy (non-hydrogen) atoms. The Hall–Kier alpha value is -0.970. The topological polar surface area (TPSA) is 12.0 Å². The number of benzene rings is 1. The maximum absolute atomic E-state index is 13.9. The van der Waals surface area contributed by atoms with Crippen molar-refractivity contribution in [2.24, 2.45) is 0 Å². The van der Waals surface area contributed by atoms with Crippen molar-refractivity contribution in [2.75, 3.05) is 6.54 Å². The molecule has 1 N–H and O–H groups in total. The van der Waals surface area contributed by atoms with Crippen LogP contribution in [-0.2, 0) is 6.42 Å². The Morgan fingerprint density at radius 1 is 1.33 bits per heavy atom. The maximum Gasteiger partial charge on any atom is 0.162 e. The van der Waals surface area contributed by atoms with E-state index in [1.165, 1.54) is 17.4 Å². The molecular formula is C16H18ClF2NS. The molecule has 0 spiro atoms. The number of thiophene rings is 1. The van der Waals surface area contributed by atoms with Crippen molar-refractivity contribution < 1.29 is 8.78 Å². The van der Waals surface area contributed by atoms with Crippen LogP contribution in [0.15, 0.2) is 24.3 Å². The summed E-state index contributed by atoms with van der Waals surface area (Å²) < 4.78 is 27.9. The third-order valence-corrected chi connectivity index (χ3v) is 4.98. The van der Waals surface area contributed by atoms with Crippen molar-refractivity contribution in [3.05, 3.63) is 56.2 Å². The van der Waals surface area contributed by atoms with Gasteiger partial charge in [-0.3, -0.25) is 0 Å². The summed E-state index contributed by atoms with van der Waals surface area (Å²) in [6.07, 6.45) is 1.38. The lowest BCUT2D eigenvalue weighted by Crippen LogP contribution is -2.23. The molecule has 0 saturated heterocycles. The Morgan fingerprint density at radius 3 is 2.71 bits per heavy atom. The van der Waals surface area contributed by atoms with E-state index in [1.54, 1.807) is 6.07 Å². The molecular weight excluding hydrogens is 312 g/mol. The number of hydrogen-bond donors (Lipinski definition) is 1. The molecule has 0 bridgehead atoms. The maximum atomic E-state index is 13.9. The number of rotatable bonds is 6. The van der Waals surface area contributed by atoms with Gasteiger partial charge in [0, 0.05) is 10.9 Å². The van der Waals surface area contributed by atoms with E-state index in [9.17, 15) is 8.78 Å². The van der Waals surface area contributed by atoms with Crippen molar-refractivity contribution in [2.45, 2.75) is 32.7 Å². The van der Waals surface area contributed by atoms with Gasteiger partial charge in [-0.15, -0.1) is 11.3 Å². The van der Waals surface area contributed by atoms with Crippen LogP contribution in [0.1, 0.15) is 35.4 Å². The molecule has 1 heterocycles. The highest BCUT2D eigenvalue weighted by Crippen LogP contribution is 2.33. The van der Waals surface area contributed by atoms with E-state index in [2.05, 4.69) is 12.2 Å². The molecule has 0 aliphatic carbocycles. The number of nitrogens with one attached hydrogen (secondary N) is 1. The molecule has 1 unspecified atom stereocenters. The summed E-state index contributed by atoms with van der Waals surface area (Å²) in [6.45, 7) is 4.83. The van der Waals surface area contributed by atoms with Gasteiger partial charge in [-0.1, -0.05) is 30.7 Å². The van der Waals surface area contributed by atoms with Crippen LogP contribution >= 0.6 is 22.9 Å². The van der Waals surface area contributed by atoms with Gasteiger partial charge in [0.2, 0.25) is 0 Å². The molecule has 2 rings (SSSR count). The van der Waals surface area contributed by atoms with Crippen LogP contribution in [0.25, 0.3) is 0 Å². The van der Waals surface area contributed by atoms with Gasteiger partial charge in [-0.05, 0) is 49.6 Å². The summed E-state index contributed by atoms with van der Waals surface area (Å²) in [5.41, 5.74) is 1.39. The highest BCUT2D eigenvalue weighted by atomic mass is 35.5. The molecule has 114 valence electrons. The Bertz CT molecular complexity index is 593. The number of halogens is 3. The van der Waals surface area contributed by atoms with Gasteiger partial charge in [0.1, 0.15) is 0 Å². The minimum absolute atomic E-state index is 0.0579. The zero-order valence-corrected chi connectivity index (χ0v) is 13.6. The second-order valence-electron chi connectivity index (χ2n) is 5.03. The van der Waals surface area contributed by atoms with Gasteiger partial charge in [0.15, 0.2) is 11.6 Å². The molecule has 0 saturated carbocycles. The zero-order chi connectivity index (χ0) is 15.4. The first kappa shape index (κ1) is 16.4. The van der Waals surface area contributed by atoms with Crippen molar-refractivity contribution in [1.29, 1.82) is 0 Å². The highest BCUT2D eigenvalue weighted by molar-refractivity contribution is 7.16. The molecule has 0 aliphatic heterocycles. The normalized spacial score (nSPS) is 12.6. The van der Waals surface area contributed by atoms with Crippen molar-refractivity contribution in [3.8, 4) is 0 Å². The van der Waals surface area contributed by atoms with E-state index in [4.69, 9.17) is 11.6 Å². The molecule has 0 aliphatic rings. The van der Waals surface area contributed by atoms with Crippen molar-refractivity contribution >= 4 is 22.9 Å². The Balaban J connectivity index is 2.26. The fourth-order valence-electron chi connectivity index (χ4n) is 2.17. The van der Waals surface area contributed by atoms with Gasteiger partial charge in [-0.25, -0.2) is 8.78 Å². The minimum atomic E-state index is -0.804. The Kier molecular flexibility index (Phi) is 5.73. The number of aryl methyl sites for hydroxylation is 1. The average Bonchev–Trinajstić information content (AvgIpc) is 2.79. The van der Waals surface area contributed by atoms with Crippen LogP contribution in [0.5, 0.6) is 0 Å². The van der Waals surface area contributed by atoms with Gasteiger partial charge in [0.25, 0.3) is 0 Å². The monoisotopic (exact) mass is 329 g/mol. The van der Waals surface area contributed by atoms with Gasteiger partial charge in [0.05, 0.1) is 4.34 Å². The molecule has 0 fully saturated rings. The number of hydrogen-bond acceptors (Lipinski definition) is 2. The molecule has 2 aromatic rings. The van der Waals surface area contributed by atoms with E-state index >= 15 is 0 Å². The molecule has 0 amide bonds. The predicted octanol–water partition coefficient (Wildman–Crippen LogP) is 5.27. The summed E-state index contributed by atoms with van der Waals surface area (Å²) in [6, 6.07) is 6.26. The quantitative estimate of drug-likeness (QED) is 0.761. The van der Waals surface area contributed by atoms with Crippen LogP contribution < -0.4 is 5.32 Å². The zero-order valence-electron chi connectivity index (χ0n) is 12.1. The van der Waals surface area contributed by atoms with Crippen LogP contribution in [0.3, 0.4) is 0 Å². The van der Waals surface area contributed by atoms with Crippen LogP contribution in [0.4, 0.5) is 8.78 Å². The Morgan fingerprint density at radius 2 is 2.10 bits per heavy atom. The second-order valence-corrected chi connectivity index (χ2v) is 6.72. The summed E-state index contributed by atoms with van der Waals surface area (Å²) in [5.74, 6) is -1.57. The first-order chi connectivity index (χ1) is 10.0. The third-order valence-electron chi connectivity index (χ3n) is 3.32. The lowest BCUT2D eigenvalue weighted by atomic mass is 10.0. The van der Waals surface area contributed by atoms with Gasteiger partial charge in [-0.2, -0.15) is 0 Å². The van der Waals surface area contributed by atoms with E-state index < -0.39 is 11.6 Å². The van der Waals surface area contributed by atoms with Crippen molar-refractivity contribution in [1.82, 2.24) is 5.32 Å². The van der Waals surface area contributed by atoms with Crippen molar-refractivity contribution in [3.63, 3.8) is 0 Å². The van der Waals surface area contributed by atoms with E-state index in [1.807, 2.05) is 13.0 Å². The first-order valence-electron chi connectivity index (χ1n) is 6.95. The predicted molar refractivity (Wildman–Crippen MR) is 85.2 cm³/mol. The summed E-state index contributed by atoms with van der Waals surface area (Å²) in [7, 11) is 0. The SMILES string of the molecule is CCCNC(Cc1cccc(F)c1F)c1cc(C)c(Cl)s1. The minimum Gasteiger partial charge on any atom is -0.309 e. The molecule has 5 heteroatoms. The summed E-state index contributed by atoms with van der Waals surface area (Å²) in [5, 5.41) is 3.38. The van der Waals surface area contributed by atoms with Crippen LogP contribution in [-0.4, -0.2) is 6.54 Å². The fraction of sp³-hybridized carbons (Fsp3) is 0.375. The molecule has 1 atom stereocenters. The summed E-state index contributed by atoms with van der Waals surface area (Å²) in [4.78, 5) is 1.05. The van der Waals surface area contributed by atoms with E-state index in [0.717, 1.165) is 33.8 Å². The van der Waals surface area contributed by atoms with Gasteiger partial charge < -0.3 is 5.32 Å².